The van der Waals surface area contributed by atoms with Crippen LogP contribution in [0, 0.1) is 11.3 Å². The molecule has 270 valence electrons. The lowest BCUT2D eigenvalue weighted by Gasteiger charge is -2.40. The molecule has 1 spiro atoms. The molecular formula is C53H32N4S. The van der Waals surface area contributed by atoms with E-state index in [1.54, 1.807) is 0 Å². The first-order valence-corrected chi connectivity index (χ1v) is 20.1. The van der Waals surface area contributed by atoms with Crippen LogP contribution in [0.1, 0.15) is 27.8 Å². The van der Waals surface area contributed by atoms with E-state index in [9.17, 15) is 5.26 Å². The molecule has 0 radical (unpaired) electrons. The third kappa shape index (κ3) is 5.42. The highest BCUT2D eigenvalue weighted by Crippen LogP contribution is 2.62. The number of nitrogens with zero attached hydrogens (tertiary/aromatic N) is 4. The summed E-state index contributed by atoms with van der Waals surface area (Å²) >= 11 is 1.84. The minimum absolute atomic E-state index is 0.534. The standard InChI is InChI=1S/C53H32N4S/c54-33-34-19-21-35(22-20-34)40-27-29-48-46(31-40)53(44-17-9-7-15-42(44)43-16-8-10-18-45(43)53)47-32-41(28-30-49(47)58-48)36-23-25-39(26-24-36)52-56-50(37-11-3-1-4-12-37)55-51(57-52)38-13-5-2-6-14-38/h1-32H. The number of hydrogen-bond donors (Lipinski definition) is 0. The minimum Gasteiger partial charge on any atom is -0.208 e. The summed E-state index contributed by atoms with van der Waals surface area (Å²) in [5, 5.41) is 9.48. The van der Waals surface area contributed by atoms with Crippen molar-refractivity contribution >= 4 is 11.8 Å². The lowest BCUT2D eigenvalue weighted by atomic mass is 9.66. The van der Waals surface area contributed by atoms with Crippen molar-refractivity contribution in [1.82, 2.24) is 15.0 Å². The minimum atomic E-state index is -0.534. The predicted molar refractivity (Wildman–Crippen MR) is 233 cm³/mol. The van der Waals surface area contributed by atoms with Gasteiger partial charge in [0.2, 0.25) is 0 Å². The Kier molecular flexibility index (Phi) is 7.99. The number of nitriles is 1. The number of hydrogen-bond acceptors (Lipinski definition) is 5. The van der Waals surface area contributed by atoms with Crippen molar-refractivity contribution in [3.8, 4) is 73.6 Å². The van der Waals surface area contributed by atoms with Gasteiger partial charge in [-0.15, -0.1) is 0 Å². The Hall–Kier alpha value is -7.39. The topological polar surface area (TPSA) is 62.5 Å². The number of rotatable bonds is 5. The molecule has 1 aliphatic carbocycles. The highest BCUT2D eigenvalue weighted by Gasteiger charge is 2.50. The normalized spacial score (nSPS) is 12.9. The molecule has 0 amide bonds. The van der Waals surface area contributed by atoms with Gasteiger partial charge in [-0.05, 0) is 92.0 Å². The molecule has 0 atom stereocenters. The van der Waals surface area contributed by atoms with Crippen LogP contribution in [0.4, 0.5) is 0 Å². The largest absolute Gasteiger partial charge is 0.208 e. The van der Waals surface area contributed by atoms with Crippen LogP contribution in [-0.4, -0.2) is 15.0 Å². The van der Waals surface area contributed by atoms with Crippen molar-refractivity contribution in [3.05, 3.63) is 222 Å². The maximum absolute atomic E-state index is 9.48. The fraction of sp³-hybridized carbons (Fsp3) is 0.0189. The van der Waals surface area contributed by atoms with E-state index in [1.165, 1.54) is 43.2 Å². The predicted octanol–water partition coefficient (Wildman–Crippen LogP) is 12.9. The smallest absolute Gasteiger partial charge is 0.164 e. The number of aromatic nitrogens is 3. The molecule has 0 saturated carbocycles. The van der Waals surface area contributed by atoms with Crippen LogP contribution in [0.3, 0.4) is 0 Å². The third-order valence-electron chi connectivity index (χ3n) is 11.5. The number of benzene rings is 8. The fourth-order valence-electron chi connectivity index (χ4n) is 8.75. The van der Waals surface area contributed by atoms with Gasteiger partial charge in [-0.1, -0.05) is 169 Å². The van der Waals surface area contributed by atoms with E-state index in [-0.39, 0.29) is 0 Å². The van der Waals surface area contributed by atoms with E-state index in [0.29, 0.717) is 23.0 Å². The van der Waals surface area contributed by atoms with Gasteiger partial charge in [0, 0.05) is 26.5 Å². The summed E-state index contributed by atoms with van der Waals surface area (Å²) in [6.45, 7) is 0. The summed E-state index contributed by atoms with van der Waals surface area (Å²) in [5.74, 6) is 1.92. The zero-order valence-electron chi connectivity index (χ0n) is 31.2. The van der Waals surface area contributed by atoms with Crippen molar-refractivity contribution in [2.45, 2.75) is 15.2 Å². The molecular weight excluding hydrogens is 725 g/mol. The Morgan fingerprint density at radius 1 is 0.362 bits per heavy atom. The highest BCUT2D eigenvalue weighted by molar-refractivity contribution is 7.99. The second kappa shape index (κ2) is 13.7. The van der Waals surface area contributed by atoms with Gasteiger partial charge in [-0.2, -0.15) is 5.26 Å². The summed E-state index contributed by atoms with van der Waals surface area (Å²) in [7, 11) is 0. The Morgan fingerprint density at radius 2 is 0.741 bits per heavy atom. The second-order valence-corrected chi connectivity index (χ2v) is 15.8. The van der Waals surface area contributed by atoms with Crippen LogP contribution in [0.25, 0.3) is 67.5 Å². The van der Waals surface area contributed by atoms with Crippen molar-refractivity contribution in [3.63, 3.8) is 0 Å². The number of fused-ring (bicyclic) bond motifs is 9. The van der Waals surface area contributed by atoms with Crippen LogP contribution >= 0.6 is 11.8 Å². The highest BCUT2D eigenvalue weighted by atomic mass is 32.2. The Labute approximate surface area is 341 Å². The summed E-state index contributed by atoms with van der Waals surface area (Å²) in [6, 6.07) is 70.6. The van der Waals surface area contributed by atoms with Gasteiger partial charge >= 0.3 is 0 Å². The molecule has 5 heteroatoms. The van der Waals surface area contributed by atoms with Gasteiger partial charge in [-0.25, -0.2) is 15.0 Å². The fourth-order valence-corrected chi connectivity index (χ4v) is 9.90. The van der Waals surface area contributed by atoms with Gasteiger partial charge in [0.1, 0.15) is 0 Å². The van der Waals surface area contributed by atoms with Crippen molar-refractivity contribution in [2.75, 3.05) is 0 Å². The first kappa shape index (κ1) is 33.9. The van der Waals surface area contributed by atoms with E-state index < -0.39 is 5.41 Å². The van der Waals surface area contributed by atoms with Gasteiger partial charge in [-0.3, -0.25) is 0 Å². The quantitative estimate of drug-likeness (QED) is 0.175. The van der Waals surface area contributed by atoms with E-state index in [2.05, 4.69) is 127 Å². The van der Waals surface area contributed by atoms with Gasteiger partial charge in [0.15, 0.2) is 17.5 Å². The van der Waals surface area contributed by atoms with E-state index in [4.69, 9.17) is 15.0 Å². The molecule has 0 unspecified atom stereocenters. The molecule has 8 aromatic carbocycles. The molecule has 4 nitrogen and oxygen atoms in total. The van der Waals surface area contributed by atoms with Crippen LogP contribution < -0.4 is 0 Å². The van der Waals surface area contributed by atoms with Crippen LogP contribution in [0.2, 0.25) is 0 Å². The monoisotopic (exact) mass is 756 g/mol. The lowest BCUT2D eigenvalue weighted by Crippen LogP contribution is -2.32. The van der Waals surface area contributed by atoms with E-state index in [1.807, 2.05) is 84.6 Å². The van der Waals surface area contributed by atoms with Gasteiger partial charge < -0.3 is 0 Å². The lowest BCUT2D eigenvalue weighted by molar-refractivity contribution is 0.723. The molecule has 2 aliphatic rings. The molecule has 58 heavy (non-hydrogen) atoms. The molecule has 1 aliphatic heterocycles. The molecule has 0 saturated heterocycles. The average molecular weight is 757 g/mol. The molecule has 2 heterocycles. The zero-order chi connectivity index (χ0) is 38.6. The van der Waals surface area contributed by atoms with E-state index in [0.717, 1.165) is 38.9 Å². The van der Waals surface area contributed by atoms with Crippen LogP contribution in [0.15, 0.2) is 204 Å². The summed E-state index contributed by atoms with van der Waals surface area (Å²) in [6.07, 6.45) is 0. The van der Waals surface area contributed by atoms with Crippen molar-refractivity contribution in [2.24, 2.45) is 0 Å². The van der Waals surface area contributed by atoms with Crippen LogP contribution in [-0.2, 0) is 5.41 Å². The zero-order valence-corrected chi connectivity index (χ0v) is 32.0. The van der Waals surface area contributed by atoms with E-state index >= 15 is 0 Å². The Morgan fingerprint density at radius 3 is 1.21 bits per heavy atom. The molecule has 11 rings (SSSR count). The SMILES string of the molecule is N#Cc1ccc(-c2ccc3c(c2)C2(c4cc(-c5ccc(-c6nc(-c7ccccc7)nc(-c7ccccc7)n6)cc5)ccc4S3)c3ccccc3-c3ccccc32)cc1. The summed E-state index contributed by atoms with van der Waals surface area (Å²) < 4.78 is 0. The summed E-state index contributed by atoms with van der Waals surface area (Å²) in [5.41, 5.74) is 15.1. The average Bonchev–Trinajstić information content (AvgIpc) is 3.60. The Bertz CT molecular complexity index is 2980. The molecule has 0 N–H and O–H groups in total. The second-order valence-electron chi connectivity index (χ2n) is 14.7. The summed E-state index contributed by atoms with van der Waals surface area (Å²) in [4.78, 5) is 17.3. The van der Waals surface area contributed by atoms with Crippen molar-refractivity contribution in [1.29, 1.82) is 5.26 Å². The molecule has 0 fully saturated rings. The maximum Gasteiger partial charge on any atom is 0.164 e. The Balaban J connectivity index is 1.06. The van der Waals surface area contributed by atoms with Crippen molar-refractivity contribution < 1.29 is 0 Å². The van der Waals surface area contributed by atoms with Gasteiger partial charge in [0.25, 0.3) is 0 Å². The maximum atomic E-state index is 9.48. The molecule has 0 bridgehead atoms. The molecule has 9 aromatic rings. The van der Waals surface area contributed by atoms with Crippen LogP contribution in [0.5, 0.6) is 0 Å². The third-order valence-corrected chi connectivity index (χ3v) is 12.6. The first-order valence-electron chi connectivity index (χ1n) is 19.3. The first-order chi connectivity index (χ1) is 28.7. The molecule has 1 aromatic heterocycles. The van der Waals surface area contributed by atoms with Gasteiger partial charge in [0.05, 0.1) is 17.0 Å².